The monoisotopic (exact) mass is 154 g/mol. The van der Waals surface area contributed by atoms with E-state index in [0.29, 0.717) is 6.04 Å². The fraction of sp³-hybridized carbons (Fsp3) is 1.00. The molecule has 11 heavy (non-hydrogen) atoms. The standard InChI is InChI=1S/C9H18N2/c10-8-4-3-7-2-1-5-11-9(7)6-8/h7-9,11H,1-6,10H2. The summed E-state index contributed by atoms with van der Waals surface area (Å²) in [4.78, 5) is 0. The highest BCUT2D eigenvalue weighted by Crippen LogP contribution is 2.29. The van der Waals surface area contributed by atoms with Crippen LogP contribution in [0.5, 0.6) is 0 Å². The SMILES string of the molecule is NC1CCC2CCCNC2C1. The van der Waals surface area contributed by atoms with Crippen LogP contribution in [0, 0.1) is 5.92 Å². The number of fused-ring (bicyclic) bond motifs is 1. The van der Waals surface area contributed by atoms with E-state index < -0.39 is 0 Å². The number of rotatable bonds is 0. The number of nitrogens with two attached hydrogens (primary N) is 1. The third kappa shape index (κ3) is 1.57. The van der Waals surface area contributed by atoms with Gasteiger partial charge in [0, 0.05) is 12.1 Å². The summed E-state index contributed by atoms with van der Waals surface area (Å²) in [7, 11) is 0. The molecule has 2 fully saturated rings. The van der Waals surface area contributed by atoms with Gasteiger partial charge in [0.2, 0.25) is 0 Å². The first-order chi connectivity index (χ1) is 5.36. The van der Waals surface area contributed by atoms with Gasteiger partial charge in [-0.3, -0.25) is 0 Å². The Hall–Kier alpha value is -0.0800. The van der Waals surface area contributed by atoms with Gasteiger partial charge in [-0.25, -0.2) is 0 Å². The van der Waals surface area contributed by atoms with Gasteiger partial charge in [0.05, 0.1) is 0 Å². The number of hydrogen-bond donors (Lipinski definition) is 2. The Morgan fingerprint density at radius 1 is 1.18 bits per heavy atom. The Morgan fingerprint density at radius 2 is 2.09 bits per heavy atom. The molecule has 3 atom stereocenters. The first-order valence-electron chi connectivity index (χ1n) is 4.85. The number of piperidine rings is 1. The molecule has 64 valence electrons. The summed E-state index contributed by atoms with van der Waals surface area (Å²) in [5, 5.41) is 3.57. The summed E-state index contributed by atoms with van der Waals surface area (Å²) in [6.07, 6.45) is 6.63. The predicted octanol–water partition coefficient (Wildman–Crippen LogP) is 0.866. The van der Waals surface area contributed by atoms with Gasteiger partial charge in [0.1, 0.15) is 0 Å². The van der Waals surface area contributed by atoms with E-state index in [9.17, 15) is 0 Å². The highest BCUT2D eigenvalue weighted by Gasteiger charge is 2.30. The largest absolute Gasteiger partial charge is 0.328 e. The van der Waals surface area contributed by atoms with Crippen molar-refractivity contribution in [3.05, 3.63) is 0 Å². The van der Waals surface area contributed by atoms with Gasteiger partial charge in [-0.15, -0.1) is 0 Å². The van der Waals surface area contributed by atoms with Crippen molar-refractivity contribution in [1.82, 2.24) is 5.32 Å². The van der Waals surface area contributed by atoms with Crippen LogP contribution in [0.4, 0.5) is 0 Å². The maximum Gasteiger partial charge on any atom is 0.0110 e. The van der Waals surface area contributed by atoms with Gasteiger partial charge in [0.25, 0.3) is 0 Å². The van der Waals surface area contributed by atoms with Gasteiger partial charge >= 0.3 is 0 Å². The van der Waals surface area contributed by atoms with E-state index in [0.717, 1.165) is 12.0 Å². The minimum absolute atomic E-state index is 0.474. The zero-order chi connectivity index (χ0) is 7.68. The minimum atomic E-state index is 0.474. The molecule has 2 heteroatoms. The van der Waals surface area contributed by atoms with Crippen molar-refractivity contribution in [2.75, 3.05) is 6.54 Å². The predicted molar refractivity (Wildman–Crippen MR) is 46.3 cm³/mol. The summed E-state index contributed by atoms with van der Waals surface area (Å²) in [6.45, 7) is 1.22. The van der Waals surface area contributed by atoms with Crippen LogP contribution in [-0.2, 0) is 0 Å². The van der Waals surface area contributed by atoms with Gasteiger partial charge in [-0.1, -0.05) is 0 Å². The highest BCUT2D eigenvalue weighted by molar-refractivity contribution is 4.89. The van der Waals surface area contributed by atoms with Crippen LogP contribution in [-0.4, -0.2) is 18.6 Å². The lowest BCUT2D eigenvalue weighted by atomic mass is 9.78. The highest BCUT2D eigenvalue weighted by atomic mass is 14.9. The molecule has 0 bridgehead atoms. The second-order valence-electron chi connectivity index (χ2n) is 4.04. The zero-order valence-electron chi connectivity index (χ0n) is 7.05. The fourth-order valence-corrected chi connectivity index (χ4v) is 2.51. The molecule has 3 unspecified atom stereocenters. The van der Waals surface area contributed by atoms with Crippen molar-refractivity contribution >= 4 is 0 Å². The van der Waals surface area contributed by atoms with Crippen molar-refractivity contribution in [2.24, 2.45) is 11.7 Å². The van der Waals surface area contributed by atoms with Gasteiger partial charge in [0.15, 0.2) is 0 Å². The van der Waals surface area contributed by atoms with E-state index in [2.05, 4.69) is 5.32 Å². The summed E-state index contributed by atoms with van der Waals surface area (Å²) < 4.78 is 0. The third-order valence-electron chi connectivity index (χ3n) is 3.19. The second kappa shape index (κ2) is 3.11. The van der Waals surface area contributed by atoms with Crippen molar-refractivity contribution in [1.29, 1.82) is 0 Å². The molecule has 0 aromatic heterocycles. The quantitative estimate of drug-likeness (QED) is 0.543. The van der Waals surface area contributed by atoms with Crippen molar-refractivity contribution in [3.8, 4) is 0 Å². The Kier molecular flexibility index (Phi) is 2.14. The number of hydrogen-bond acceptors (Lipinski definition) is 2. The van der Waals surface area contributed by atoms with Gasteiger partial charge in [-0.05, 0) is 44.6 Å². The lowest BCUT2D eigenvalue weighted by Crippen LogP contribution is -2.48. The molecule has 1 saturated heterocycles. The number of nitrogens with one attached hydrogen (secondary N) is 1. The van der Waals surface area contributed by atoms with Crippen LogP contribution >= 0.6 is 0 Å². The summed E-state index contributed by atoms with van der Waals surface area (Å²) in [5.41, 5.74) is 5.90. The first-order valence-corrected chi connectivity index (χ1v) is 4.85. The average Bonchev–Trinajstić information content (AvgIpc) is 2.04. The van der Waals surface area contributed by atoms with Gasteiger partial charge < -0.3 is 11.1 Å². The summed E-state index contributed by atoms with van der Waals surface area (Å²) >= 11 is 0. The molecule has 2 aliphatic rings. The maximum atomic E-state index is 5.90. The molecule has 2 nitrogen and oxygen atoms in total. The van der Waals surface area contributed by atoms with E-state index in [1.165, 1.54) is 38.6 Å². The lowest BCUT2D eigenvalue weighted by molar-refractivity contribution is 0.196. The van der Waals surface area contributed by atoms with E-state index in [1.807, 2.05) is 0 Å². The molecule has 1 saturated carbocycles. The molecule has 0 spiro atoms. The van der Waals surface area contributed by atoms with E-state index in [4.69, 9.17) is 5.73 Å². The van der Waals surface area contributed by atoms with Crippen LogP contribution in [0.25, 0.3) is 0 Å². The normalized spacial score (nSPS) is 45.0. The average molecular weight is 154 g/mol. The lowest BCUT2D eigenvalue weighted by Gasteiger charge is -2.38. The smallest absolute Gasteiger partial charge is 0.0110 e. The molecule has 2 rings (SSSR count). The topological polar surface area (TPSA) is 38.0 Å². The minimum Gasteiger partial charge on any atom is -0.328 e. The molecule has 0 amide bonds. The maximum absolute atomic E-state index is 5.90. The molecule has 1 aliphatic heterocycles. The first kappa shape index (κ1) is 7.56. The zero-order valence-corrected chi connectivity index (χ0v) is 7.05. The molecule has 0 aromatic carbocycles. The van der Waals surface area contributed by atoms with Crippen molar-refractivity contribution in [2.45, 2.75) is 44.2 Å². The van der Waals surface area contributed by atoms with Crippen LogP contribution in [0.3, 0.4) is 0 Å². The third-order valence-corrected chi connectivity index (χ3v) is 3.19. The van der Waals surface area contributed by atoms with Crippen LogP contribution in [0.1, 0.15) is 32.1 Å². The Morgan fingerprint density at radius 3 is 3.00 bits per heavy atom. The Balaban J connectivity index is 1.93. The van der Waals surface area contributed by atoms with E-state index in [-0.39, 0.29) is 0 Å². The van der Waals surface area contributed by atoms with E-state index >= 15 is 0 Å². The molecule has 3 N–H and O–H groups in total. The van der Waals surface area contributed by atoms with Crippen LogP contribution < -0.4 is 11.1 Å². The van der Waals surface area contributed by atoms with Crippen LogP contribution in [0.15, 0.2) is 0 Å². The van der Waals surface area contributed by atoms with Gasteiger partial charge in [-0.2, -0.15) is 0 Å². The molecular weight excluding hydrogens is 136 g/mol. The molecule has 1 heterocycles. The molecule has 0 aromatic rings. The molecule has 0 radical (unpaired) electrons. The fourth-order valence-electron chi connectivity index (χ4n) is 2.51. The van der Waals surface area contributed by atoms with Crippen molar-refractivity contribution < 1.29 is 0 Å². The molecule has 1 aliphatic carbocycles. The Bertz CT molecular complexity index is 136. The van der Waals surface area contributed by atoms with Crippen molar-refractivity contribution in [3.63, 3.8) is 0 Å². The van der Waals surface area contributed by atoms with Crippen LogP contribution in [0.2, 0.25) is 0 Å². The summed E-state index contributed by atoms with van der Waals surface area (Å²) in [6, 6.07) is 1.23. The summed E-state index contributed by atoms with van der Waals surface area (Å²) in [5.74, 6) is 0.948. The molecular formula is C9H18N2. The van der Waals surface area contributed by atoms with E-state index in [1.54, 1.807) is 0 Å². The second-order valence-corrected chi connectivity index (χ2v) is 4.04. The Labute approximate surface area is 68.5 Å².